The van der Waals surface area contributed by atoms with Crippen LogP contribution in [0.15, 0.2) is 42.6 Å². The first-order chi connectivity index (χ1) is 12.0. The van der Waals surface area contributed by atoms with E-state index in [9.17, 15) is 13.2 Å². The summed E-state index contributed by atoms with van der Waals surface area (Å²) in [4.78, 5) is 4.19. The highest BCUT2D eigenvalue weighted by atomic mass is 19.4. The minimum atomic E-state index is -4.70. The van der Waals surface area contributed by atoms with Crippen molar-refractivity contribution in [2.75, 3.05) is 6.61 Å². The van der Waals surface area contributed by atoms with Gasteiger partial charge in [0.15, 0.2) is 0 Å². The van der Waals surface area contributed by atoms with Crippen molar-refractivity contribution in [2.45, 2.75) is 32.5 Å². The van der Waals surface area contributed by atoms with Gasteiger partial charge in [0.1, 0.15) is 17.2 Å². The average Bonchev–Trinajstić information content (AvgIpc) is 2.58. The Bertz CT molecular complexity index is 714. The first kappa shape index (κ1) is 18.7. The molecule has 0 N–H and O–H groups in total. The summed E-state index contributed by atoms with van der Waals surface area (Å²) in [6, 6.07) is 8.89. The van der Waals surface area contributed by atoms with Gasteiger partial charge in [-0.05, 0) is 48.7 Å². The standard InChI is InChI=1S/C19H18F3NO2/c1-2-3-4-13-24-18-12-9-16(23-14-18)8-5-15-6-10-17(11-7-15)25-19(20,21)22/h6-7,9-12,14H,2-4,13H2,1H3. The zero-order valence-electron chi connectivity index (χ0n) is 13.8. The summed E-state index contributed by atoms with van der Waals surface area (Å²) in [5, 5.41) is 0. The number of rotatable bonds is 6. The van der Waals surface area contributed by atoms with Crippen LogP contribution in [0.4, 0.5) is 13.2 Å². The molecule has 0 radical (unpaired) electrons. The molecule has 2 rings (SSSR count). The van der Waals surface area contributed by atoms with Gasteiger partial charge in [0.2, 0.25) is 0 Å². The van der Waals surface area contributed by atoms with Crippen LogP contribution in [0, 0.1) is 11.8 Å². The maximum absolute atomic E-state index is 12.1. The molecular weight excluding hydrogens is 331 g/mol. The molecular formula is C19H18F3NO2. The second-order valence-electron chi connectivity index (χ2n) is 5.26. The van der Waals surface area contributed by atoms with Crippen LogP contribution in [0.2, 0.25) is 0 Å². The van der Waals surface area contributed by atoms with E-state index >= 15 is 0 Å². The molecule has 1 aromatic carbocycles. The predicted molar refractivity (Wildman–Crippen MR) is 88.4 cm³/mol. The van der Waals surface area contributed by atoms with Crippen LogP contribution in [0.3, 0.4) is 0 Å². The molecule has 1 aromatic heterocycles. The molecule has 0 amide bonds. The van der Waals surface area contributed by atoms with E-state index in [-0.39, 0.29) is 5.75 Å². The second kappa shape index (κ2) is 8.97. The molecule has 6 heteroatoms. The monoisotopic (exact) mass is 349 g/mol. The highest BCUT2D eigenvalue weighted by molar-refractivity contribution is 5.42. The van der Waals surface area contributed by atoms with E-state index in [1.54, 1.807) is 18.3 Å². The number of benzene rings is 1. The van der Waals surface area contributed by atoms with Crippen molar-refractivity contribution < 1.29 is 22.6 Å². The van der Waals surface area contributed by atoms with Gasteiger partial charge in [-0.3, -0.25) is 0 Å². The first-order valence-electron chi connectivity index (χ1n) is 7.93. The average molecular weight is 349 g/mol. The summed E-state index contributed by atoms with van der Waals surface area (Å²) < 4.78 is 45.6. The first-order valence-corrected chi connectivity index (χ1v) is 7.93. The summed E-state index contributed by atoms with van der Waals surface area (Å²) >= 11 is 0. The lowest BCUT2D eigenvalue weighted by Crippen LogP contribution is -2.16. The lowest BCUT2D eigenvalue weighted by Gasteiger charge is -2.07. The van der Waals surface area contributed by atoms with E-state index in [0.29, 0.717) is 23.6 Å². The number of ether oxygens (including phenoxy) is 2. The molecule has 132 valence electrons. The summed E-state index contributed by atoms with van der Waals surface area (Å²) in [5.74, 6) is 6.11. The number of hydrogen-bond acceptors (Lipinski definition) is 3. The van der Waals surface area contributed by atoms with Gasteiger partial charge in [0.25, 0.3) is 0 Å². The third kappa shape index (κ3) is 7.17. The molecule has 2 aromatic rings. The topological polar surface area (TPSA) is 31.4 Å². The van der Waals surface area contributed by atoms with E-state index in [1.165, 1.54) is 24.3 Å². The van der Waals surface area contributed by atoms with E-state index in [0.717, 1.165) is 19.3 Å². The smallest absolute Gasteiger partial charge is 0.492 e. The number of hydrogen-bond donors (Lipinski definition) is 0. The summed E-state index contributed by atoms with van der Waals surface area (Å²) in [5.41, 5.74) is 1.12. The number of unbranched alkanes of at least 4 members (excludes halogenated alkanes) is 2. The molecule has 0 fully saturated rings. The van der Waals surface area contributed by atoms with Crippen molar-refractivity contribution >= 4 is 0 Å². The van der Waals surface area contributed by atoms with Gasteiger partial charge in [0.05, 0.1) is 12.8 Å². The van der Waals surface area contributed by atoms with Crippen LogP contribution in [0.5, 0.6) is 11.5 Å². The predicted octanol–water partition coefficient (Wildman–Crippen LogP) is 4.95. The normalized spacial score (nSPS) is 10.7. The fourth-order valence-corrected chi connectivity index (χ4v) is 1.96. The van der Waals surface area contributed by atoms with E-state index in [4.69, 9.17) is 4.74 Å². The maximum Gasteiger partial charge on any atom is 0.573 e. The third-order valence-corrected chi connectivity index (χ3v) is 3.18. The Morgan fingerprint density at radius 1 is 0.960 bits per heavy atom. The van der Waals surface area contributed by atoms with Crippen molar-refractivity contribution in [1.29, 1.82) is 0 Å². The molecule has 0 aliphatic rings. The second-order valence-corrected chi connectivity index (χ2v) is 5.26. The Labute approximate surface area is 144 Å². The van der Waals surface area contributed by atoms with Gasteiger partial charge < -0.3 is 9.47 Å². The highest BCUT2D eigenvalue weighted by Crippen LogP contribution is 2.22. The van der Waals surface area contributed by atoms with Crippen molar-refractivity contribution in [3.05, 3.63) is 53.9 Å². The van der Waals surface area contributed by atoms with Gasteiger partial charge in [-0.15, -0.1) is 13.2 Å². The van der Waals surface area contributed by atoms with Gasteiger partial charge in [-0.25, -0.2) is 4.98 Å². The van der Waals surface area contributed by atoms with E-state index < -0.39 is 6.36 Å². The number of aromatic nitrogens is 1. The maximum atomic E-state index is 12.1. The van der Waals surface area contributed by atoms with Crippen molar-refractivity contribution in [3.63, 3.8) is 0 Å². The number of halogens is 3. The lowest BCUT2D eigenvalue weighted by molar-refractivity contribution is -0.274. The Balaban J connectivity index is 1.92. The third-order valence-electron chi connectivity index (χ3n) is 3.18. The van der Waals surface area contributed by atoms with Crippen LogP contribution >= 0.6 is 0 Å². The Morgan fingerprint density at radius 2 is 1.68 bits per heavy atom. The number of nitrogens with zero attached hydrogens (tertiary/aromatic N) is 1. The molecule has 0 atom stereocenters. The molecule has 0 spiro atoms. The SMILES string of the molecule is CCCCCOc1ccc(C#Cc2ccc(OC(F)(F)F)cc2)nc1. The highest BCUT2D eigenvalue weighted by Gasteiger charge is 2.30. The van der Waals surface area contributed by atoms with Gasteiger partial charge >= 0.3 is 6.36 Å². The largest absolute Gasteiger partial charge is 0.573 e. The summed E-state index contributed by atoms with van der Waals surface area (Å²) in [6.45, 7) is 2.79. The van der Waals surface area contributed by atoms with Crippen LogP contribution < -0.4 is 9.47 Å². The molecule has 0 bridgehead atoms. The molecule has 1 heterocycles. The Kier molecular flexibility index (Phi) is 6.70. The Hall–Kier alpha value is -2.68. The molecule has 3 nitrogen and oxygen atoms in total. The minimum Gasteiger partial charge on any atom is -0.492 e. The zero-order valence-corrected chi connectivity index (χ0v) is 13.8. The van der Waals surface area contributed by atoms with Gasteiger partial charge in [-0.1, -0.05) is 25.7 Å². The summed E-state index contributed by atoms with van der Waals surface area (Å²) in [7, 11) is 0. The molecule has 0 saturated heterocycles. The molecule has 25 heavy (non-hydrogen) atoms. The van der Waals surface area contributed by atoms with Gasteiger partial charge in [0, 0.05) is 5.56 Å². The minimum absolute atomic E-state index is 0.277. The zero-order chi connectivity index (χ0) is 18.1. The lowest BCUT2D eigenvalue weighted by atomic mass is 10.2. The van der Waals surface area contributed by atoms with Gasteiger partial charge in [-0.2, -0.15) is 0 Å². The van der Waals surface area contributed by atoms with Crippen LogP contribution in [0.1, 0.15) is 37.4 Å². The van der Waals surface area contributed by atoms with Crippen molar-refractivity contribution in [2.24, 2.45) is 0 Å². The summed E-state index contributed by atoms with van der Waals surface area (Å²) in [6.07, 6.45) is 0.184. The van der Waals surface area contributed by atoms with Crippen LogP contribution in [0.25, 0.3) is 0 Å². The van der Waals surface area contributed by atoms with E-state index in [1.807, 2.05) is 0 Å². The fraction of sp³-hybridized carbons (Fsp3) is 0.316. The fourth-order valence-electron chi connectivity index (χ4n) is 1.96. The number of alkyl halides is 3. The number of pyridine rings is 1. The van der Waals surface area contributed by atoms with Crippen LogP contribution in [-0.4, -0.2) is 18.0 Å². The van der Waals surface area contributed by atoms with Crippen LogP contribution in [-0.2, 0) is 0 Å². The molecule has 0 aliphatic heterocycles. The van der Waals surface area contributed by atoms with Crippen molar-refractivity contribution in [1.82, 2.24) is 4.98 Å². The quantitative estimate of drug-likeness (QED) is 0.546. The molecule has 0 saturated carbocycles. The molecule has 0 aliphatic carbocycles. The van der Waals surface area contributed by atoms with E-state index in [2.05, 4.69) is 28.5 Å². The molecule has 0 unspecified atom stereocenters. The van der Waals surface area contributed by atoms with Crippen molar-refractivity contribution in [3.8, 4) is 23.3 Å². The Morgan fingerprint density at radius 3 is 2.28 bits per heavy atom.